The third-order valence-corrected chi connectivity index (χ3v) is 3.87. The number of benzene rings is 2. The number of methoxy groups -OCH3 is 1. The number of H-pyrrole nitrogens is 1. The van der Waals surface area contributed by atoms with Crippen molar-refractivity contribution >= 4 is 11.0 Å². The van der Waals surface area contributed by atoms with Gasteiger partial charge in [0, 0.05) is 0 Å². The van der Waals surface area contributed by atoms with Gasteiger partial charge in [0.15, 0.2) is 17.6 Å². The van der Waals surface area contributed by atoms with Gasteiger partial charge in [0.25, 0.3) is 0 Å². The van der Waals surface area contributed by atoms with Crippen molar-refractivity contribution in [2.45, 2.75) is 26.9 Å². The predicted octanol–water partition coefficient (Wildman–Crippen LogP) is 4.33. The standard InChI is InChI=1S/C18H20N2O2/c1-11-9-14-15(10-12(11)2)20-18(19-14)13(3)22-17-8-6-5-7-16(17)21-4/h5-10,13H,1-4H3,(H,19,20)/t13-/m0/s1. The van der Waals surface area contributed by atoms with Crippen molar-refractivity contribution in [3.63, 3.8) is 0 Å². The average Bonchev–Trinajstić information content (AvgIpc) is 2.91. The van der Waals surface area contributed by atoms with E-state index < -0.39 is 0 Å². The van der Waals surface area contributed by atoms with Gasteiger partial charge in [0.05, 0.1) is 18.1 Å². The summed E-state index contributed by atoms with van der Waals surface area (Å²) in [6.45, 7) is 6.17. The maximum absolute atomic E-state index is 5.99. The fourth-order valence-corrected chi connectivity index (χ4v) is 2.44. The molecule has 0 saturated carbocycles. The van der Waals surface area contributed by atoms with Crippen molar-refractivity contribution < 1.29 is 9.47 Å². The van der Waals surface area contributed by atoms with Gasteiger partial charge in [0.1, 0.15) is 5.82 Å². The van der Waals surface area contributed by atoms with Crippen LogP contribution in [0.1, 0.15) is 30.0 Å². The first kappa shape index (κ1) is 14.4. The Labute approximate surface area is 130 Å². The first-order chi connectivity index (χ1) is 10.6. The van der Waals surface area contributed by atoms with Crippen molar-refractivity contribution in [3.8, 4) is 11.5 Å². The molecule has 0 saturated heterocycles. The second-order valence-corrected chi connectivity index (χ2v) is 5.49. The third kappa shape index (κ3) is 2.64. The second kappa shape index (κ2) is 5.72. The zero-order chi connectivity index (χ0) is 15.7. The molecule has 0 amide bonds. The molecule has 1 N–H and O–H groups in total. The van der Waals surface area contributed by atoms with E-state index in [9.17, 15) is 0 Å². The van der Waals surface area contributed by atoms with Gasteiger partial charge in [0.2, 0.25) is 0 Å². The van der Waals surface area contributed by atoms with Gasteiger partial charge in [-0.1, -0.05) is 12.1 Å². The van der Waals surface area contributed by atoms with Gasteiger partial charge >= 0.3 is 0 Å². The van der Waals surface area contributed by atoms with E-state index >= 15 is 0 Å². The number of rotatable bonds is 4. The van der Waals surface area contributed by atoms with Gasteiger partial charge in [-0.2, -0.15) is 0 Å². The van der Waals surface area contributed by atoms with E-state index in [1.807, 2.05) is 31.2 Å². The normalized spacial score (nSPS) is 12.4. The number of aromatic nitrogens is 2. The maximum atomic E-state index is 5.99. The predicted molar refractivity (Wildman–Crippen MR) is 87.6 cm³/mol. The van der Waals surface area contributed by atoms with Crippen molar-refractivity contribution in [3.05, 3.63) is 53.3 Å². The Morgan fingerprint density at radius 3 is 2.45 bits per heavy atom. The number of fused-ring (bicyclic) bond motifs is 1. The highest BCUT2D eigenvalue weighted by atomic mass is 16.5. The van der Waals surface area contributed by atoms with Crippen LogP contribution in [0, 0.1) is 13.8 Å². The Morgan fingerprint density at radius 1 is 1.05 bits per heavy atom. The van der Waals surface area contributed by atoms with E-state index in [1.165, 1.54) is 11.1 Å². The molecule has 0 spiro atoms. The first-order valence-electron chi connectivity index (χ1n) is 7.35. The number of hydrogen-bond acceptors (Lipinski definition) is 3. The largest absolute Gasteiger partial charge is 0.493 e. The van der Waals surface area contributed by atoms with Gasteiger partial charge < -0.3 is 14.5 Å². The molecule has 3 rings (SSSR count). The molecule has 1 atom stereocenters. The van der Waals surface area contributed by atoms with Crippen LogP contribution in [0.5, 0.6) is 11.5 Å². The highest BCUT2D eigenvalue weighted by Crippen LogP contribution is 2.30. The Morgan fingerprint density at radius 2 is 1.73 bits per heavy atom. The minimum atomic E-state index is -0.190. The lowest BCUT2D eigenvalue weighted by molar-refractivity contribution is 0.208. The summed E-state index contributed by atoms with van der Waals surface area (Å²) in [4.78, 5) is 7.99. The molecule has 1 aromatic heterocycles. The fourth-order valence-electron chi connectivity index (χ4n) is 2.44. The van der Waals surface area contributed by atoms with Gasteiger partial charge in [-0.25, -0.2) is 4.98 Å². The summed E-state index contributed by atoms with van der Waals surface area (Å²) in [6.07, 6.45) is -0.190. The summed E-state index contributed by atoms with van der Waals surface area (Å²) in [5, 5.41) is 0. The molecular formula is C18H20N2O2. The SMILES string of the molecule is COc1ccccc1O[C@@H](C)c1nc2cc(C)c(C)cc2[nH]1. The van der Waals surface area contributed by atoms with Crippen LogP contribution >= 0.6 is 0 Å². The van der Waals surface area contributed by atoms with E-state index in [0.717, 1.165) is 22.6 Å². The van der Waals surface area contributed by atoms with Crippen LogP contribution in [-0.4, -0.2) is 17.1 Å². The Bertz CT molecular complexity index is 769. The molecule has 114 valence electrons. The number of aryl methyl sites for hydroxylation is 2. The summed E-state index contributed by atoms with van der Waals surface area (Å²) in [7, 11) is 1.64. The monoisotopic (exact) mass is 296 g/mol. The number of aromatic amines is 1. The minimum Gasteiger partial charge on any atom is -0.493 e. The molecule has 0 bridgehead atoms. The fraction of sp³-hybridized carbons (Fsp3) is 0.278. The van der Waals surface area contributed by atoms with Crippen LogP contribution in [0.25, 0.3) is 11.0 Å². The zero-order valence-electron chi connectivity index (χ0n) is 13.3. The Kier molecular flexibility index (Phi) is 3.75. The molecule has 0 aliphatic carbocycles. The van der Waals surface area contributed by atoms with Gasteiger partial charge in [-0.05, 0) is 56.2 Å². The lowest BCUT2D eigenvalue weighted by atomic mass is 10.1. The van der Waals surface area contributed by atoms with Gasteiger partial charge in [-0.15, -0.1) is 0 Å². The summed E-state index contributed by atoms with van der Waals surface area (Å²) in [5.74, 6) is 2.24. The molecule has 0 radical (unpaired) electrons. The molecule has 1 heterocycles. The molecule has 0 aliphatic rings. The lowest BCUT2D eigenvalue weighted by Crippen LogP contribution is -2.05. The molecule has 0 unspecified atom stereocenters. The second-order valence-electron chi connectivity index (χ2n) is 5.49. The molecule has 4 heteroatoms. The zero-order valence-corrected chi connectivity index (χ0v) is 13.3. The van der Waals surface area contributed by atoms with Crippen molar-refractivity contribution in [1.82, 2.24) is 9.97 Å². The van der Waals surface area contributed by atoms with E-state index in [2.05, 4.69) is 35.9 Å². The van der Waals surface area contributed by atoms with Crippen molar-refractivity contribution in [1.29, 1.82) is 0 Å². The molecule has 22 heavy (non-hydrogen) atoms. The van der Waals surface area contributed by atoms with E-state index in [4.69, 9.17) is 9.47 Å². The first-order valence-corrected chi connectivity index (χ1v) is 7.35. The highest BCUT2D eigenvalue weighted by molar-refractivity contribution is 5.77. The van der Waals surface area contributed by atoms with Crippen molar-refractivity contribution in [2.75, 3.05) is 7.11 Å². The van der Waals surface area contributed by atoms with E-state index in [0.29, 0.717) is 5.75 Å². The molecule has 4 nitrogen and oxygen atoms in total. The Balaban J connectivity index is 1.90. The summed E-state index contributed by atoms with van der Waals surface area (Å²) >= 11 is 0. The lowest BCUT2D eigenvalue weighted by Gasteiger charge is -2.14. The van der Waals surface area contributed by atoms with Crippen LogP contribution < -0.4 is 9.47 Å². The van der Waals surface area contributed by atoms with Gasteiger partial charge in [-0.3, -0.25) is 0 Å². The molecular weight excluding hydrogens is 276 g/mol. The number of ether oxygens (including phenoxy) is 2. The highest BCUT2D eigenvalue weighted by Gasteiger charge is 2.15. The average molecular weight is 296 g/mol. The Hall–Kier alpha value is -2.49. The quantitative estimate of drug-likeness (QED) is 0.779. The van der Waals surface area contributed by atoms with Crippen LogP contribution in [0.3, 0.4) is 0 Å². The molecule has 2 aromatic carbocycles. The molecule has 0 fully saturated rings. The minimum absolute atomic E-state index is 0.190. The number of nitrogens with one attached hydrogen (secondary N) is 1. The summed E-state index contributed by atoms with van der Waals surface area (Å²) in [6, 6.07) is 11.8. The smallest absolute Gasteiger partial charge is 0.162 e. The number of hydrogen-bond donors (Lipinski definition) is 1. The van der Waals surface area contributed by atoms with E-state index in [1.54, 1.807) is 7.11 Å². The van der Waals surface area contributed by atoms with Crippen LogP contribution in [0.15, 0.2) is 36.4 Å². The van der Waals surface area contributed by atoms with E-state index in [-0.39, 0.29) is 6.10 Å². The summed E-state index contributed by atoms with van der Waals surface area (Å²) < 4.78 is 11.3. The maximum Gasteiger partial charge on any atom is 0.162 e. The topological polar surface area (TPSA) is 47.1 Å². The number of nitrogens with zero attached hydrogens (tertiary/aromatic N) is 1. The summed E-state index contributed by atoms with van der Waals surface area (Å²) in [5.41, 5.74) is 4.49. The van der Waals surface area contributed by atoms with Crippen LogP contribution in [0.4, 0.5) is 0 Å². The van der Waals surface area contributed by atoms with Crippen molar-refractivity contribution in [2.24, 2.45) is 0 Å². The van der Waals surface area contributed by atoms with Crippen LogP contribution in [0.2, 0.25) is 0 Å². The van der Waals surface area contributed by atoms with Crippen LogP contribution in [-0.2, 0) is 0 Å². The number of para-hydroxylation sites is 2. The number of imidazole rings is 1. The molecule has 0 aliphatic heterocycles. The third-order valence-electron chi connectivity index (χ3n) is 3.87. The molecule has 3 aromatic rings.